The van der Waals surface area contributed by atoms with Crippen molar-refractivity contribution in [2.24, 2.45) is 0 Å². The molecule has 8 nitrogen and oxygen atoms in total. The molecular formula is C11H16N6O2. The molecule has 0 fully saturated rings. The first-order chi connectivity index (χ1) is 8.99. The van der Waals surface area contributed by atoms with Gasteiger partial charge in [-0.05, 0) is 26.2 Å². The van der Waals surface area contributed by atoms with Crippen LogP contribution in [0, 0.1) is 0 Å². The lowest BCUT2D eigenvalue weighted by Crippen LogP contribution is -2.22. The lowest BCUT2D eigenvalue weighted by molar-refractivity contribution is 0.0688. The lowest BCUT2D eigenvalue weighted by atomic mass is 10.3. The summed E-state index contributed by atoms with van der Waals surface area (Å²) < 4.78 is 1.23. The summed E-state index contributed by atoms with van der Waals surface area (Å²) in [4.78, 5) is 17.3. The van der Waals surface area contributed by atoms with Crippen LogP contribution < -0.4 is 11.1 Å². The first-order valence-electron chi connectivity index (χ1n) is 5.76. The molecule has 2 aromatic rings. The number of hydrogen-bond donors (Lipinski definition) is 3. The van der Waals surface area contributed by atoms with E-state index < -0.39 is 5.97 Å². The number of aromatic carboxylic acids is 1. The van der Waals surface area contributed by atoms with Gasteiger partial charge >= 0.3 is 5.97 Å². The third-order valence-corrected chi connectivity index (χ3v) is 2.59. The number of nitrogen functional groups attached to an aromatic ring is 1. The number of carboxylic acid groups (broad SMARTS) is 1. The van der Waals surface area contributed by atoms with Crippen molar-refractivity contribution in [1.82, 2.24) is 19.5 Å². The number of likely N-dealkylation sites (N-methyl/N-ethyl adjacent to an activating group) is 1. The molecule has 2 heterocycles. The summed E-state index contributed by atoms with van der Waals surface area (Å²) in [5, 5.41) is 16.3. The van der Waals surface area contributed by atoms with Crippen LogP contribution in [0.2, 0.25) is 0 Å². The summed E-state index contributed by atoms with van der Waals surface area (Å²) in [5.41, 5.74) is 6.42. The minimum absolute atomic E-state index is 0.0282. The number of anilines is 2. The minimum atomic E-state index is -1.08. The molecule has 0 aliphatic heterocycles. The summed E-state index contributed by atoms with van der Waals surface area (Å²) in [6.45, 7) is 1.42. The van der Waals surface area contributed by atoms with Gasteiger partial charge in [-0.3, -0.25) is 0 Å². The minimum Gasteiger partial charge on any atom is -0.476 e. The molecule has 0 saturated heterocycles. The molecule has 19 heavy (non-hydrogen) atoms. The maximum atomic E-state index is 11.4. The molecule has 102 valence electrons. The highest BCUT2D eigenvalue weighted by Crippen LogP contribution is 2.17. The second kappa shape index (κ2) is 5.11. The van der Waals surface area contributed by atoms with Gasteiger partial charge in [0.05, 0.1) is 5.69 Å². The molecule has 0 aliphatic rings. The zero-order valence-electron chi connectivity index (χ0n) is 10.8. The van der Waals surface area contributed by atoms with Crippen LogP contribution in [0.3, 0.4) is 0 Å². The molecule has 0 unspecified atom stereocenters. The van der Waals surface area contributed by atoms with Crippen LogP contribution in [0.25, 0.3) is 5.65 Å². The van der Waals surface area contributed by atoms with Gasteiger partial charge in [-0.25, -0.2) is 9.31 Å². The Morgan fingerprint density at radius 3 is 2.89 bits per heavy atom. The van der Waals surface area contributed by atoms with Gasteiger partial charge < -0.3 is 21.1 Å². The van der Waals surface area contributed by atoms with Crippen molar-refractivity contribution in [3.63, 3.8) is 0 Å². The average molecular weight is 264 g/mol. The van der Waals surface area contributed by atoms with Crippen LogP contribution in [0.5, 0.6) is 0 Å². The molecular weight excluding hydrogens is 248 g/mol. The van der Waals surface area contributed by atoms with Gasteiger partial charge in [-0.1, -0.05) is 0 Å². The Morgan fingerprint density at radius 2 is 2.26 bits per heavy atom. The number of hydrogen-bond acceptors (Lipinski definition) is 6. The van der Waals surface area contributed by atoms with E-state index in [4.69, 9.17) is 5.73 Å². The highest BCUT2D eigenvalue weighted by atomic mass is 16.4. The van der Waals surface area contributed by atoms with E-state index in [1.165, 1.54) is 4.52 Å². The molecule has 0 amide bonds. The number of carbonyl (C=O) groups is 1. The Bertz CT molecular complexity index is 606. The molecule has 0 aromatic carbocycles. The number of fused-ring (bicyclic) bond motifs is 1. The molecule has 0 atom stereocenters. The predicted octanol–water partition coefficient (Wildman–Crippen LogP) is -0.0168. The van der Waals surface area contributed by atoms with Crippen molar-refractivity contribution in [3.8, 4) is 0 Å². The first kappa shape index (κ1) is 13.1. The van der Waals surface area contributed by atoms with E-state index in [9.17, 15) is 9.90 Å². The number of pyridine rings is 1. The predicted molar refractivity (Wildman–Crippen MR) is 71.4 cm³/mol. The second-order valence-electron chi connectivity index (χ2n) is 4.37. The van der Waals surface area contributed by atoms with E-state index in [0.717, 1.165) is 6.54 Å². The Balaban J connectivity index is 2.37. The van der Waals surface area contributed by atoms with Crippen molar-refractivity contribution in [2.45, 2.75) is 0 Å². The van der Waals surface area contributed by atoms with Crippen LogP contribution in [0.1, 0.15) is 10.5 Å². The quantitative estimate of drug-likeness (QED) is 0.696. The van der Waals surface area contributed by atoms with Crippen molar-refractivity contribution in [2.75, 3.05) is 38.2 Å². The SMILES string of the molecule is CN(C)CCNc1ccc2nc(N)nn2c1C(=O)O. The van der Waals surface area contributed by atoms with Gasteiger partial charge in [0.1, 0.15) is 0 Å². The number of nitrogens with two attached hydrogens (primary N) is 1. The Morgan fingerprint density at radius 1 is 1.53 bits per heavy atom. The number of nitrogens with one attached hydrogen (secondary N) is 1. The fourth-order valence-electron chi connectivity index (χ4n) is 1.73. The zero-order chi connectivity index (χ0) is 14.0. The smallest absolute Gasteiger partial charge is 0.356 e. The number of aromatic nitrogens is 3. The van der Waals surface area contributed by atoms with Crippen LogP contribution in [-0.4, -0.2) is 57.8 Å². The van der Waals surface area contributed by atoms with E-state index in [2.05, 4.69) is 15.4 Å². The van der Waals surface area contributed by atoms with Crippen LogP contribution in [0.15, 0.2) is 12.1 Å². The van der Waals surface area contributed by atoms with E-state index >= 15 is 0 Å². The molecule has 4 N–H and O–H groups in total. The standard InChI is InChI=1S/C11H16N6O2/c1-16(2)6-5-13-7-3-4-8-14-11(12)15-17(8)9(7)10(18)19/h3-4,13H,5-6H2,1-2H3,(H2,12,15)(H,18,19). The fraction of sp³-hybridized carbons (Fsp3) is 0.364. The molecule has 0 bridgehead atoms. The first-order valence-corrected chi connectivity index (χ1v) is 5.76. The Labute approximate surface area is 109 Å². The van der Waals surface area contributed by atoms with Crippen molar-refractivity contribution in [1.29, 1.82) is 0 Å². The molecule has 0 spiro atoms. The van der Waals surface area contributed by atoms with E-state index in [0.29, 0.717) is 17.9 Å². The average Bonchev–Trinajstić information content (AvgIpc) is 2.67. The van der Waals surface area contributed by atoms with Crippen molar-refractivity contribution < 1.29 is 9.90 Å². The van der Waals surface area contributed by atoms with E-state index in [1.807, 2.05) is 19.0 Å². The monoisotopic (exact) mass is 264 g/mol. The van der Waals surface area contributed by atoms with E-state index in [1.54, 1.807) is 12.1 Å². The largest absolute Gasteiger partial charge is 0.476 e. The van der Waals surface area contributed by atoms with Crippen LogP contribution >= 0.6 is 0 Å². The van der Waals surface area contributed by atoms with Gasteiger partial charge in [0.15, 0.2) is 11.3 Å². The van der Waals surface area contributed by atoms with Crippen molar-refractivity contribution in [3.05, 3.63) is 17.8 Å². The summed E-state index contributed by atoms with van der Waals surface area (Å²) in [5.74, 6) is -1.03. The maximum Gasteiger partial charge on any atom is 0.356 e. The third kappa shape index (κ3) is 2.74. The van der Waals surface area contributed by atoms with Gasteiger partial charge in [0.25, 0.3) is 0 Å². The van der Waals surface area contributed by atoms with Crippen LogP contribution in [-0.2, 0) is 0 Å². The van der Waals surface area contributed by atoms with Crippen molar-refractivity contribution >= 4 is 23.3 Å². The Hall–Kier alpha value is -2.35. The lowest BCUT2D eigenvalue weighted by Gasteiger charge is -2.13. The molecule has 0 saturated carbocycles. The molecule has 2 aromatic heterocycles. The van der Waals surface area contributed by atoms with E-state index in [-0.39, 0.29) is 11.6 Å². The maximum absolute atomic E-state index is 11.4. The summed E-state index contributed by atoms with van der Waals surface area (Å²) in [7, 11) is 3.89. The highest BCUT2D eigenvalue weighted by Gasteiger charge is 2.17. The molecule has 0 aliphatic carbocycles. The molecule has 0 radical (unpaired) electrons. The molecule has 8 heteroatoms. The summed E-state index contributed by atoms with van der Waals surface area (Å²) >= 11 is 0. The summed E-state index contributed by atoms with van der Waals surface area (Å²) in [6, 6.07) is 3.34. The highest BCUT2D eigenvalue weighted by molar-refractivity contribution is 5.93. The van der Waals surface area contributed by atoms with Crippen LogP contribution in [0.4, 0.5) is 11.6 Å². The number of rotatable bonds is 5. The van der Waals surface area contributed by atoms with Gasteiger partial charge in [-0.15, -0.1) is 5.10 Å². The third-order valence-electron chi connectivity index (χ3n) is 2.59. The topological polar surface area (TPSA) is 109 Å². The zero-order valence-corrected chi connectivity index (χ0v) is 10.8. The molecule has 2 rings (SSSR count). The Kier molecular flexibility index (Phi) is 3.52. The normalized spacial score (nSPS) is 11.1. The number of carboxylic acids is 1. The van der Waals surface area contributed by atoms with Gasteiger partial charge in [-0.2, -0.15) is 4.98 Å². The van der Waals surface area contributed by atoms with Gasteiger partial charge in [0.2, 0.25) is 5.95 Å². The fourth-order valence-corrected chi connectivity index (χ4v) is 1.73. The van der Waals surface area contributed by atoms with Gasteiger partial charge in [0, 0.05) is 13.1 Å². The number of nitrogens with zero attached hydrogens (tertiary/aromatic N) is 4. The second-order valence-corrected chi connectivity index (χ2v) is 4.37. The summed E-state index contributed by atoms with van der Waals surface area (Å²) in [6.07, 6.45) is 0.